The molecule has 1 unspecified atom stereocenters. The quantitative estimate of drug-likeness (QED) is 0.667. The SMILES string of the molecule is O=C1CC2(CCOCC2)Oc2cccnc21.OC1CC2(CCOCC2)Oc2cccnc21. The first kappa shape index (κ1) is 21.3. The molecule has 2 spiro atoms. The van der Waals surface area contributed by atoms with Crippen LogP contribution in [-0.4, -0.2) is 58.5 Å². The molecule has 0 aromatic carbocycles. The molecule has 2 aromatic heterocycles. The molecule has 6 rings (SSSR count). The fourth-order valence-corrected chi connectivity index (χ4v) is 4.86. The summed E-state index contributed by atoms with van der Waals surface area (Å²) >= 11 is 0. The van der Waals surface area contributed by atoms with Gasteiger partial charge >= 0.3 is 0 Å². The molecule has 2 aromatic rings. The third-order valence-corrected chi connectivity index (χ3v) is 6.66. The molecule has 32 heavy (non-hydrogen) atoms. The second kappa shape index (κ2) is 8.77. The van der Waals surface area contributed by atoms with E-state index in [1.54, 1.807) is 18.5 Å². The fourth-order valence-electron chi connectivity index (χ4n) is 4.86. The molecule has 170 valence electrons. The Hall–Kier alpha value is -2.55. The maximum Gasteiger partial charge on any atom is 0.188 e. The van der Waals surface area contributed by atoms with E-state index in [0.717, 1.165) is 31.4 Å². The van der Waals surface area contributed by atoms with Crippen molar-refractivity contribution in [3.05, 3.63) is 48.0 Å². The van der Waals surface area contributed by atoms with E-state index in [9.17, 15) is 9.90 Å². The zero-order chi connectivity index (χ0) is 22.0. The number of ether oxygens (including phenoxy) is 4. The monoisotopic (exact) mass is 440 g/mol. The van der Waals surface area contributed by atoms with Gasteiger partial charge in [0.2, 0.25) is 0 Å². The lowest BCUT2D eigenvalue weighted by Gasteiger charge is -2.42. The van der Waals surface area contributed by atoms with Crippen LogP contribution in [-0.2, 0) is 9.47 Å². The first-order valence-electron chi connectivity index (χ1n) is 11.2. The second-order valence-corrected chi connectivity index (χ2v) is 8.85. The number of aromatic nitrogens is 2. The van der Waals surface area contributed by atoms with E-state index < -0.39 is 6.10 Å². The van der Waals surface area contributed by atoms with Gasteiger partial charge < -0.3 is 24.1 Å². The number of Topliss-reactive ketones (excluding diaryl/α,β-unsaturated/α-hetero) is 1. The molecular weight excluding hydrogens is 412 g/mol. The van der Waals surface area contributed by atoms with Crippen LogP contribution in [0.1, 0.15) is 60.8 Å². The molecular formula is C24H28N2O6. The molecule has 4 aliphatic rings. The Morgan fingerprint density at radius 1 is 0.844 bits per heavy atom. The number of hydrogen-bond acceptors (Lipinski definition) is 8. The van der Waals surface area contributed by atoms with Gasteiger partial charge in [-0.05, 0) is 24.3 Å². The van der Waals surface area contributed by atoms with Gasteiger partial charge in [-0.3, -0.25) is 9.78 Å². The van der Waals surface area contributed by atoms with Gasteiger partial charge in [-0.15, -0.1) is 0 Å². The summed E-state index contributed by atoms with van der Waals surface area (Å²) in [7, 11) is 0. The topological polar surface area (TPSA) is 100 Å². The zero-order valence-corrected chi connectivity index (χ0v) is 18.0. The molecule has 8 heteroatoms. The highest BCUT2D eigenvalue weighted by Gasteiger charge is 2.43. The molecule has 2 fully saturated rings. The average molecular weight is 440 g/mol. The van der Waals surface area contributed by atoms with E-state index in [1.807, 2.05) is 18.2 Å². The lowest BCUT2D eigenvalue weighted by molar-refractivity contribution is -0.0852. The number of ketones is 1. The summed E-state index contributed by atoms with van der Waals surface area (Å²) in [6, 6.07) is 7.33. The molecule has 0 aliphatic carbocycles. The van der Waals surface area contributed by atoms with Crippen molar-refractivity contribution in [2.24, 2.45) is 0 Å². The summed E-state index contributed by atoms with van der Waals surface area (Å²) in [5.41, 5.74) is 0.554. The average Bonchev–Trinajstić information content (AvgIpc) is 2.80. The van der Waals surface area contributed by atoms with Gasteiger partial charge in [0.15, 0.2) is 5.78 Å². The van der Waals surface area contributed by atoms with Crippen molar-refractivity contribution in [3.63, 3.8) is 0 Å². The minimum Gasteiger partial charge on any atom is -0.485 e. The van der Waals surface area contributed by atoms with Crippen LogP contribution in [0.4, 0.5) is 0 Å². The first-order valence-corrected chi connectivity index (χ1v) is 11.2. The van der Waals surface area contributed by atoms with Gasteiger partial charge in [0, 0.05) is 44.5 Å². The molecule has 6 heterocycles. The van der Waals surface area contributed by atoms with Gasteiger partial charge in [-0.2, -0.15) is 0 Å². The van der Waals surface area contributed by atoms with Crippen LogP contribution < -0.4 is 9.47 Å². The van der Waals surface area contributed by atoms with Crippen molar-refractivity contribution in [2.45, 2.75) is 55.8 Å². The predicted molar refractivity (Wildman–Crippen MR) is 114 cm³/mol. The molecule has 0 saturated carbocycles. The molecule has 4 aliphatic heterocycles. The molecule has 1 N–H and O–H groups in total. The van der Waals surface area contributed by atoms with Crippen LogP contribution in [0.5, 0.6) is 11.5 Å². The molecule has 0 radical (unpaired) electrons. The van der Waals surface area contributed by atoms with E-state index in [-0.39, 0.29) is 17.0 Å². The largest absolute Gasteiger partial charge is 0.485 e. The van der Waals surface area contributed by atoms with Crippen LogP contribution in [0.3, 0.4) is 0 Å². The fraction of sp³-hybridized carbons (Fsp3) is 0.542. The Kier molecular flexibility index (Phi) is 5.84. The number of nitrogens with zero attached hydrogens (tertiary/aromatic N) is 2. The van der Waals surface area contributed by atoms with Gasteiger partial charge in [0.05, 0.1) is 32.8 Å². The van der Waals surface area contributed by atoms with Gasteiger partial charge in [0.25, 0.3) is 0 Å². The number of pyridine rings is 2. The zero-order valence-electron chi connectivity index (χ0n) is 18.0. The summed E-state index contributed by atoms with van der Waals surface area (Å²) in [6.07, 6.45) is 7.12. The maximum atomic E-state index is 12.0. The van der Waals surface area contributed by atoms with Crippen molar-refractivity contribution < 1.29 is 28.8 Å². The van der Waals surface area contributed by atoms with Crippen LogP contribution in [0.15, 0.2) is 36.7 Å². The van der Waals surface area contributed by atoms with Crippen LogP contribution in [0, 0.1) is 0 Å². The smallest absolute Gasteiger partial charge is 0.188 e. The number of carbonyl (C=O) groups is 1. The summed E-state index contributed by atoms with van der Waals surface area (Å²) in [6.45, 7) is 2.76. The minimum absolute atomic E-state index is 0.0868. The Balaban J connectivity index is 0.000000135. The highest BCUT2D eigenvalue weighted by molar-refractivity contribution is 5.98. The lowest BCUT2D eigenvalue weighted by Crippen LogP contribution is -2.46. The number of fused-ring (bicyclic) bond motifs is 2. The summed E-state index contributed by atoms with van der Waals surface area (Å²) in [4.78, 5) is 20.2. The normalized spacial score (nSPS) is 24.9. The number of hydrogen-bond donors (Lipinski definition) is 1. The van der Waals surface area contributed by atoms with Crippen molar-refractivity contribution in [1.82, 2.24) is 9.97 Å². The van der Waals surface area contributed by atoms with E-state index >= 15 is 0 Å². The Labute approximate surface area is 186 Å². The summed E-state index contributed by atoms with van der Waals surface area (Å²) in [5, 5.41) is 10.1. The number of aliphatic hydroxyl groups excluding tert-OH is 1. The van der Waals surface area contributed by atoms with Crippen LogP contribution in [0.2, 0.25) is 0 Å². The van der Waals surface area contributed by atoms with Crippen molar-refractivity contribution in [2.75, 3.05) is 26.4 Å². The van der Waals surface area contributed by atoms with Crippen molar-refractivity contribution in [1.29, 1.82) is 0 Å². The Morgan fingerprint density at radius 2 is 1.44 bits per heavy atom. The third kappa shape index (κ3) is 4.22. The lowest BCUT2D eigenvalue weighted by atomic mass is 9.85. The molecule has 0 bridgehead atoms. The number of carbonyl (C=O) groups excluding carboxylic acids is 1. The summed E-state index contributed by atoms with van der Waals surface area (Å²) in [5.74, 6) is 1.44. The minimum atomic E-state index is -0.511. The van der Waals surface area contributed by atoms with Crippen LogP contribution >= 0.6 is 0 Å². The second-order valence-electron chi connectivity index (χ2n) is 8.85. The number of aliphatic hydroxyl groups is 1. The Morgan fingerprint density at radius 3 is 2.16 bits per heavy atom. The van der Waals surface area contributed by atoms with Crippen molar-refractivity contribution in [3.8, 4) is 11.5 Å². The maximum absolute atomic E-state index is 12.0. The highest BCUT2D eigenvalue weighted by Crippen LogP contribution is 2.42. The van der Waals surface area contributed by atoms with E-state index in [0.29, 0.717) is 56.4 Å². The van der Waals surface area contributed by atoms with Gasteiger partial charge in [-0.1, -0.05) is 0 Å². The van der Waals surface area contributed by atoms with Gasteiger partial charge in [-0.25, -0.2) is 4.98 Å². The van der Waals surface area contributed by atoms with E-state index in [4.69, 9.17) is 18.9 Å². The predicted octanol–water partition coefficient (Wildman–Crippen LogP) is 3.04. The molecule has 0 amide bonds. The van der Waals surface area contributed by atoms with Gasteiger partial charge in [0.1, 0.15) is 40.2 Å². The van der Waals surface area contributed by atoms with Crippen molar-refractivity contribution >= 4 is 5.78 Å². The van der Waals surface area contributed by atoms with E-state index in [2.05, 4.69) is 9.97 Å². The highest BCUT2D eigenvalue weighted by atomic mass is 16.5. The first-order chi connectivity index (χ1) is 15.6. The standard InChI is InChI=1S/C12H15NO3.C12H13NO3/c2*14-9-8-12(3-6-15-7-4-12)16-10-2-1-5-13-11(9)10/h1-2,5,9,14H,3-4,6-8H2;1-2,5H,3-4,6-8H2. The third-order valence-electron chi connectivity index (χ3n) is 6.66. The molecule has 8 nitrogen and oxygen atoms in total. The molecule has 2 saturated heterocycles. The van der Waals surface area contributed by atoms with Crippen LogP contribution in [0.25, 0.3) is 0 Å². The van der Waals surface area contributed by atoms with E-state index in [1.165, 1.54) is 0 Å². The Bertz CT molecular complexity index is 968. The number of rotatable bonds is 0. The molecule has 1 atom stereocenters. The summed E-state index contributed by atoms with van der Waals surface area (Å²) < 4.78 is 22.7.